The van der Waals surface area contributed by atoms with Gasteiger partial charge in [0.25, 0.3) is 0 Å². The molecule has 4 aromatic rings. The third-order valence-corrected chi connectivity index (χ3v) is 7.47. The van der Waals surface area contributed by atoms with Crippen molar-refractivity contribution in [3.05, 3.63) is 138 Å². The first-order valence-corrected chi connectivity index (χ1v) is 13.5. The Bertz CT molecular complexity index is 1300. The topological polar surface area (TPSA) is 75.3 Å². The maximum absolute atomic E-state index is 12.8. The summed E-state index contributed by atoms with van der Waals surface area (Å²) >= 11 is 0. The standard InChI is InChI=1S/C30H30N2O3S/c33-29(32-30(26-12-6-2-7-13-26)27-14-8-3-9-15-27)21-18-25-16-19-28(20-17-25)36(34,35)31-23-22-24-10-4-1-5-11-24/h1-17,19-20,30-31H,18,21-23H2,(H,32,33). The Hall–Kier alpha value is -3.74. The Labute approximate surface area is 213 Å². The van der Waals surface area contributed by atoms with E-state index in [1.807, 2.05) is 91.0 Å². The van der Waals surface area contributed by atoms with Crippen molar-refractivity contribution in [2.45, 2.75) is 30.2 Å². The van der Waals surface area contributed by atoms with Crippen molar-refractivity contribution in [3.63, 3.8) is 0 Å². The average Bonchev–Trinajstić information content (AvgIpc) is 2.92. The Morgan fingerprint density at radius 1 is 0.639 bits per heavy atom. The normalized spacial score (nSPS) is 11.4. The summed E-state index contributed by atoms with van der Waals surface area (Å²) in [6.45, 7) is 0.332. The number of aryl methyl sites for hydroxylation is 1. The van der Waals surface area contributed by atoms with Gasteiger partial charge in [-0.1, -0.05) is 103 Å². The van der Waals surface area contributed by atoms with Crippen molar-refractivity contribution in [2.75, 3.05) is 6.54 Å². The summed E-state index contributed by atoms with van der Waals surface area (Å²) in [5, 5.41) is 3.15. The average molecular weight is 499 g/mol. The van der Waals surface area contributed by atoms with Crippen LogP contribution in [-0.2, 0) is 27.7 Å². The van der Waals surface area contributed by atoms with Gasteiger partial charge in [-0.05, 0) is 47.2 Å². The van der Waals surface area contributed by atoms with E-state index in [1.54, 1.807) is 24.3 Å². The molecule has 2 N–H and O–H groups in total. The van der Waals surface area contributed by atoms with E-state index in [-0.39, 0.29) is 16.8 Å². The van der Waals surface area contributed by atoms with E-state index in [2.05, 4.69) is 10.0 Å². The molecule has 0 fully saturated rings. The van der Waals surface area contributed by atoms with Crippen molar-refractivity contribution < 1.29 is 13.2 Å². The number of amides is 1. The summed E-state index contributed by atoms with van der Waals surface area (Å²) in [6.07, 6.45) is 1.45. The van der Waals surface area contributed by atoms with Crippen LogP contribution in [0.3, 0.4) is 0 Å². The SMILES string of the molecule is O=C(CCc1ccc(S(=O)(=O)NCCc2ccccc2)cc1)NC(c1ccccc1)c1ccccc1. The lowest BCUT2D eigenvalue weighted by atomic mass is 9.98. The van der Waals surface area contributed by atoms with Crippen molar-refractivity contribution in [1.82, 2.24) is 10.0 Å². The second kappa shape index (κ2) is 12.3. The lowest BCUT2D eigenvalue weighted by Crippen LogP contribution is -2.29. The molecule has 0 unspecified atom stereocenters. The minimum absolute atomic E-state index is 0.0630. The third kappa shape index (κ3) is 7.13. The molecule has 0 saturated carbocycles. The highest BCUT2D eigenvalue weighted by molar-refractivity contribution is 7.89. The van der Waals surface area contributed by atoms with Gasteiger partial charge < -0.3 is 5.32 Å². The minimum Gasteiger partial charge on any atom is -0.345 e. The predicted molar refractivity (Wildman–Crippen MR) is 143 cm³/mol. The Balaban J connectivity index is 1.32. The van der Waals surface area contributed by atoms with Crippen LogP contribution in [0.15, 0.2) is 120 Å². The first-order chi connectivity index (χ1) is 17.5. The van der Waals surface area contributed by atoms with Gasteiger partial charge in [-0.25, -0.2) is 13.1 Å². The van der Waals surface area contributed by atoms with E-state index in [0.717, 1.165) is 22.3 Å². The Morgan fingerprint density at radius 2 is 1.14 bits per heavy atom. The van der Waals surface area contributed by atoms with Crippen molar-refractivity contribution in [3.8, 4) is 0 Å². The molecular weight excluding hydrogens is 468 g/mol. The molecule has 0 saturated heterocycles. The molecule has 6 heteroatoms. The summed E-state index contributed by atoms with van der Waals surface area (Å²) in [7, 11) is -3.58. The van der Waals surface area contributed by atoms with Crippen molar-refractivity contribution >= 4 is 15.9 Å². The number of hydrogen-bond donors (Lipinski definition) is 2. The zero-order valence-corrected chi connectivity index (χ0v) is 20.8. The van der Waals surface area contributed by atoms with Gasteiger partial charge in [0.2, 0.25) is 15.9 Å². The highest BCUT2D eigenvalue weighted by atomic mass is 32.2. The molecule has 5 nitrogen and oxygen atoms in total. The van der Waals surface area contributed by atoms with Crippen LogP contribution in [0.2, 0.25) is 0 Å². The summed E-state index contributed by atoms with van der Waals surface area (Å²) < 4.78 is 27.9. The number of nitrogens with one attached hydrogen (secondary N) is 2. The van der Waals surface area contributed by atoms with Gasteiger partial charge in [-0.2, -0.15) is 0 Å². The number of carbonyl (C=O) groups excluding carboxylic acids is 1. The molecule has 4 rings (SSSR count). The maximum Gasteiger partial charge on any atom is 0.240 e. The number of benzene rings is 4. The molecule has 0 aromatic heterocycles. The molecule has 0 aliphatic heterocycles. The second-order valence-corrected chi connectivity index (χ2v) is 10.4. The molecule has 184 valence electrons. The lowest BCUT2D eigenvalue weighted by Gasteiger charge is -2.20. The van der Waals surface area contributed by atoms with E-state index in [9.17, 15) is 13.2 Å². The smallest absolute Gasteiger partial charge is 0.240 e. The van der Waals surface area contributed by atoms with Crippen LogP contribution in [0, 0.1) is 0 Å². The number of sulfonamides is 1. The summed E-state index contributed by atoms with van der Waals surface area (Å²) in [6, 6.07) is 36.0. The lowest BCUT2D eigenvalue weighted by molar-refractivity contribution is -0.121. The summed E-state index contributed by atoms with van der Waals surface area (Å²) in [4.78, 5) is 13.0. The molecule has 4 aromatic carbocycles. The molecule has 1 amide bonds. The fourth-order valence-electron chi connectivity index (χ4n) is 4.03. The maximum atomic E-state index is 12.8. The molecule has 0 bridgehead atoms. The van der Waals surface area contributed by atoms with Gasteiger partial charge in [0.15, 0.2) is 0 Å². The predicted octanol–water partition coefficient (Wildman–Crippen LogP) is 5.05. The monoisotopic (exact) mass is 498 g/mol. The fraction of sp³-hybridized carbons (Fsp3) is 0.167. The van der Waals surface area contributed by atoms with Gasteiger partial charge in [-0.15, -0.1) is 0 Å². The first-order valence-electron chi connectivity index (χ1n) is 12.0. The molecule has 0 heterocycles. The van der Waals surface area contributed by atoms with Crippen LogP contribution in [0.5, 0.6) is 0 Å². The van der Waals surface area contributed by atoms with E-state index < -0.39 is 10.0 Å². The number of rotatable bonds is 11. The zero-order valence-electron chi connectivity index (χ0n) is 20.0. The minimum atomic E-state index is -3.58. The fourth-order valence-corrected chi connectivity index (χ4v) is 5.07. The molecular formula is C30H30N2O3S. The van der Waals surface area contributed by atoms with E-state index >= 15 is 0 Å². The van der Waals surface area contributed by atoms with Gasteiger partial charge in [-0.3, -0.25) is 4.79 Å². The van der Waals surface area contributed by atoms with E-state index in [4.69, 9.17) is 0 Å². The molecule has 0 aliphatic rings. The van der Waals surface area contributed by atoms with Crippen LogP contribution >= 0.6 is 0 Å². The van der Waals surface area contributed by atoms with Gasteiger partial charge >= 0.3 is 0 Å². The largest absolute Gasteiger partial charge is 0.345 e. The van der Waals surface area contributed by atoms with Crippen LogP contribution in [0.1, 0.15) is 34.7 Å². The van der Waals surface area contributed by atoms with Crippen LogP contribution in [0.4, 0.5) is 0 Å². The quantitative estimate of drug-likeness (QED) is 0.304. The zero-order chi connectivity index (χ0) is 25.2. The molecule has 0 radical (unpaired) electrons. The van der Waals surface area contributed by atoms with E-state index in [0.29, 0.717) is 25.8 Å². The Kier molecular flexibility index (Phi) is 8.66. The Morgan fingerprint density at radius 3 is 1.69 bits per heavy atom. The highest BCUT2D eigenvalue weighted by Crippen LogP contribution is 2.22. The molecule has 0 spiro atoms. The number of carbonyl (C=O) groups is 1. The molecule has 0 atom stereocenters. The second-order valence-electron chi connectivity index (χ2n) is 8.60. The summed E-state index contributed by atoms with van der Waals surface area (Å²) in [5.41, 5.74) is 4.03. The number of hydrogen-bond acceptors (Lipinski definition) is 3. The molecule has 0 aliphatic carbocycles. The van der Waals surface area contributed by atoms with Gasteiger partial charge in [0.1, 0.15) is 0 Å². The highest BCUT2D eigenvalue weighted by Gasteiger charge is 2.17. The summed E-state index contributed by atoms with van der Waals surface area (Å²) in [5.74, 6) is -0.0630. The first kappa shape index (κ1) is 25.4. The van der Waals surface area contributed by atoms with Gasteiger partial charge in [0.05, 0.1) is 10.9 Å². The van der Waals surface area contributed by atoms with Gasteiger partial charge in [0, 0.05) is 13.0 Å². The van der Waals surface area contributed by atoms with Crippen LogP contribution < -0.4 is 10.0 Å². The van der Waals surface area contributed by atoms with Crippen molar-refractivity contribution in [2.24, 2.45) is 0 Å². The van der Waals surface area contributed by atoms with Crippen molar-refractivity contribution in [1.29, 1.82) is 0 Å². The third-order valence-electron chi connectivity index (χ3n) is 5.99. The van der Waals surface area contributed by atoms with Crippen LogP contribution in [0.25, 0.3) is 0 Å². The van der Waals surface area contributed by atoms with Crippen LogP contribution in [-0.4, -0.2) is 20.9 Å². The van der Waals surface area contributed by atoms with E-state index in [1.165, 1.54) is 0 Å². The molecule has 36 heavy (non-hydrogen) atoms.